The molecule has 8 nitrogen and oxygen atoms in total. The first-order chi connectivity index (χ1) is 13.7. The van der Waals surface area contributed by atoms with Gasteiger partial charge >= 0.3 is 5.76 Å². The number of para-hydroxylation sites is 1. The van der Waals surface area contributed by atoms with Gasteiger partial charge in [-0.15, -0.1) is 0 Å². The highest BCUT2D eigenvalue weighted by Crippen LogP contribution is 2.29. The number of hydrogen-bond donors (Lipinski definition) is 1. The largest absolute Gasteiger partial charge is 0.419 e. The predicted octanol–water partition coefficient (Wildman–Crippen LogP) is 4.22. The van der Waals surface area contributed by atoms with Crippen LogP contribution < -0.4 is 11.1 Å². The van der Waals surface area contributed by atoms with Crippen molar-refractivity contribution in [1.29, 1.82) is 0 Å². The second-order valence-corrected chi connectivity index (χ2v) is 7.88. The van der Waals surface area contributed by atoms with Crippen LogP contribution >= 0.6 is 0 Å². The van der Waals surface area contributed by atoms with Gasteiger partial charge in [-0.1, -0.05) is 39.0 Å². The average Bonchev–Trinajstić information content (AvgIpc) is 2.96. The summed E-state index contributed by atoms with van der Waals surface area (Å²) in [6.07, 6.45) is 0.652. The molecular formula is C21H23N3O5. The maximum Gasteiger partial charge on any atom is 0.419 e. The molecule has 0 spiro atoms. The number of nitro benzene ring substituents is 1. The summed E-state index contributed by atoms with van der Waals surface area (Å²) in [5.74, 6) is -0.739. The number of rotatable bonds is 6. The van der Waals surface area contributed by atoms with E-state index in [0.717, 1.165) is 11.3 Å². The third-order valence-electron chi connectivity index (χ3n) is 4.66. The molecule has 0 radical (unpaired) electrons. The Hall–Kier alpha value is -3.42. The van der Waals surface area contributed by atoms with Crippen LogP contribution in [-0.2, 0) is 16.8 Å². The van der Waals surface area contributed by atoms with Crippen molar-refractivity contribution in [2.45, 2.75) is 45.6 Å². The van der Waals surface area contributed by atoms with E-state index in [1.807, 2.05) is 24.3 Å². The summed E-state index contributed by atoms with van der Waals surface area (Å²) < 4.78 is 6.48. The van der Waals surface area contributed by atoms with E-state index in [4.69, 9.17) is 4.42 Å². The van der Waals surface area contributed by atoms with Gasteiger partial charge in [-0.25, -0.2) is 4.79 Å². The molecule has 0 saturated carbocycles. The molecule has 152 valence electrons. The fourth-order valence-corrected chi connectivity index (χ4v) is 3.24. The zero-order chi connectivity index (χ0) is 21.2. The van der Waals surface area contributed by atoms with Gasteiger partial charge in [0.2, 0.25) is 5.91 Å². The smallest absolute Gasteiger partial charge is 0.407 e. The van der Waals surface area contributed by atoms with E-state index < -0.39 is 10.7 Å². The lowest BCUT2D eigenvalue weighted by Crippen LogP contribution is -2.19. The van der Waals surface area contributed by atoms with Crippen LogP contribution in [0.25, 0.3) is 11.1 Å². The molecule has 1 amide bonds. The number of benzene rings is 2. The number of nitrogens with one attached hydrogen (secondary N) is 1. The molecular weight excluding hydrogens is 374 g/mol. The van der Waals surface area contributed by atoms with Crippen molar-refractivity contribution in [2.24, 2.45) is 0 Å². The molecule has 1 heterocycles. The monoisotopic (exact) mass is 397 g/mol. The third-order valence-corrected chi connectivity index (χ3v) is 4.66. The Morgan fingerprint density at radius 3 is 2.62 bits per heavy atom. The summed E-state index contributed by atoms with van der Waals surface area (Å²) in [4.78, 5) is 34.8. The summed E-state index contributed by atoms with van der Waals surface area (Å²) in [5.41, 5.74) is 2.22. The summed E-state index contributed by atoms with van der Waals surface area (Å²) in [7, 11) is 0. The highest BCUT2D eigenvalue weighted by atomic mass is 16.6. The number of amides is 1. The van der Waals surface area contributed by atoms with E-state index in [2.05, 4.69) is 26.1 Å². The highest BCUT2D eigenvalue weighted by Gasteiger charge is 2.19. The number of oxazole rings is 1. The molecule has 8 heteroatoms. The van der Waals surface area contributed by atoms with Gasteiger partial charge in [-0.3, -0.25) is 19.5 Å². The Kier molecular flexibility index (Phi) is 5.54. The number of fused-ring (bicyclic) bond motifs is 1. The normalized spacial score (nSPS) is 11.6. The summed E-state index contributed by atoms with van der Waals surface area (Å²) >= 11 is 0. The first-order valence-corrected chi connectivity index (χ1v) is 9.34. The molecule has 1 aromatic heterocycles. The van der Waals surface area contributed by atoms with Crippen LogP contribution in [0.2, 0.25) is 0 Å². The average molecular weight is 397 g/mol. The minimum absolute atomic E-state index is 0.102. The molecule has 29 heavy (non-hydrogen) atoms. The highest BCUT2D eigenvalue weighted by molar-refractivity contribution is 5.91. The van der Waals surface area contributed by atoms with Crippen LogP contribution in [0.15, 0.2) is 51.7 Å². The Bertz CT molecular complexity index is 1120. The SMILES string of the molecule is CC(C)(C)c1ccccc1NC(=O)CCCn1c(=O)oc2cc([N+](=O)[O-])ccc21. The van der Waals surface area contributed by atoms with Crippen molar-refractivity contribution >= 4 is 28.4 Å². The standard InChI is InChI=1S/C21H23N3O5/c1-21(2,3)15-7-4-5-8-16(15)22-19(25)9-6-12-23-17-11-10-14(24(27)28)13-18(17)29-20(23)26/h4-5,7-8,10-11,13H,6,9,12H2,1-3H3,(H,22,25). The topological polar surface area (TPSA) is 107 Å². The first-order valence-electron chi connectivity index (χ1n) is 9.34. The van der Waals surface area contributed by atoms with E-state index in [1.165, 1.54) is 22.8 Å². The number of non-ortho nitro benzene ring substituents is 1. The molecule has 0 bridgehead atoms. The quantitative estimate of drug-likeness (QED) is 0.495. The number of aromatic nitrogens is 1. The molecule has 0 saturated heterocycles. The van der Waals surface area contributed by atoms with Gasteiger partial charge < -0.3 is 9.73 Å². The third kappa shape index (κ3) is 4.53. The predicted molar refractivity (Wildman–Crippen MR) is 110 cm³/mol. The van der Waals surface area contributed by atoms with Crippen molar-refractivity contribution in [3.63, 3.8) is 0 Å². The van der Waals surface area contributed by atoms with Crippen LogP contribution in [0.5, 0.6) is 0 Å². The van der Waals surface area contributed by atoms with Crippen molar-refractivity contribution in [3.8, 4) is 0 Å². The second kappa shape index (κ2) is 7.90. The number of nitrogens with zero attached hydrogens (tertiary/aromatic N) is 2. The van der Waals surface area contributed by atoms with Crippen molar-refractivity contribution in [3.05, 3.63) is 68.7 Å². The van der Waals surface area contributed by atoms with Crippen molar-refractivity contribution in [2.75, 3.05) is 5.32 Å². The lowest BCUT2D eigenvalue weighted by Gasteiger charge is -2.23. The van der Waals surface area contributed by atoms with Gasteiger partial charge in [-0.2, -0.15) is 0 Å². The summed E-state index contributed by atoms with van der Waals surface area (Å²) in [6.45, 7) is 6.52. The Balaban J connectivity index is 1.66. The number of aryl methyl sites for hydroxylation is 1. The van der Waals surface area contributed by atoms with Crippen LogP contribution in [-0.4, -0.2) is 15.4 Å². The van der Waals surface area contributed by atoms with Crippen molar-refractivity contribution < 1.29 is 14.1 Å². The number of hydrogen-bond acceptors (Lipinski definition) is 5. The van der Waals surface area contributed by atoms with Gasteiger partial charge in [0.15, 0.2) is 5.58 Å². The molecule has 0 aliphatic carbocycles. The maximum absolute atomic E-state index is 12.4. The zero-order valence-corrected chi connectivity index (χ0v) is 16.6. The zero-order valence-electron chi connectivity index (χ0n) is 16.6. The molecule has 2 aromatic carbocycles. The lowest BCUT2D eigenvalue weighted by atomic mass is 9.86. The second-order valence-electron chi connectivity index (χ2n) is 7.88. The molecule has 1 N–H and O–H groups in total. The van der Waals surface area contributed by atoms with Gasteiger partial charge in [0, 0.05) is 24.7 Å². The van der Waals surface area contributed by atoms with Gasteiger partial charge in [0.1, 0.15) is 0 Å². The van der Waals surface area contributed by atoms with Crippen LogP contribution in [0.4, 0.5) is 11.4 Å². The van der Waals surface area contributed by atoms with Gasteiger partial charge in [-0.05, 0) is 29.5 Å². The number of carbonyl (C=O) groups excluding carboxylic acids is 1. The van der Waals surface area contributed by atoms with E-state index >= 15 is 0 Å². The molecule has 3 rings (SSSR count). The molecule has 0 aliphatic heterocycles. The van der Waals surface area contributed by atoms with E-state index in [-0.39, 0.29) is 35.6 Å². The van der Waals surface area contributed by atoms with E-state index in [9.17, 15) is 19.7 Å². The fraction of sp³-hybridized carbons (Fsp3) is 0.333. The number of carbonyl (C=O) groups is 1. The summed E-state index contributed by atoms with van der Waals surface area (Å²) in [6, 6.07) is 11.7. The molecule has 0 unspecified atom stereocenters. The molecule has 3 aromatic rings. The minimum Gasteiger partial charge on any atom is -0.407 e. The first kappa shape index (κ1) is 20.3. The molecule has 0 aliphatic rings. The van der Waals surface area contributed by atoms with Crippen molar-refractivity contribution in [1.82, 2.24) is 4.57 Å². The van der Waals surface area contributed by atoms with Crippen LogP contribution in [0.3, 0.4) is 0 Å². The van der Waals surface area contributed by atoms with Crippen LogP contribution in [0, 0.1) is 10.1 Å². The van der Waals surface area contributed by atoms with Gasteiger partial charge in [0.25, 0.3) is 5.69 Å². The van der Waals surface area contributed by atoms with E-state index in [0.29, 0.717) is 11.9 Å². The number of nitro groups is 1. The molecule has 0 atom stereocenters. The van der Waals surface area contributed by atoms with Gasteiger partial charge in [0.05, 0.1) is 16.5 Å². The fourth-order valence-electron chi connectivity index (χ4n) is 3.24. The Morgan fingerprint density at radius 2 is 1.93 bits per heavy atom. The Labute approximate surface area is 167 Å². The minimum atomic E-state index is -0.598. The lowest BCUT2D eigenvalue weighted by molar-refractivity contribution is -0.384. The Morgan fingerprint density at radius 1 is 1.21 bits per heavy atom. The summed E-state index contributed by atoms with van der Waals surface area (Å²) in [5, 5.41) is 13.8. The maximum atomic E-state index is 12.4. The van der Waals surface area contributed by atoms with E-state index in [1.54, 1.807) is 0 Å². The number of anilines is 1. The van der Waals surface area contributed by atoms with Crippen LogP contribution in [0.1, 0.15) is 39.2 Å². The molecule has 0 fully saturated rings.